The fourth-order valence-corrected chi connectivity index (χ4v) is 1.66. The van der Waals surface area contributed by atoms with Crippen LogP contribution in [0.25, 0.3) is 0 Å². The maximum Gasteiger partial charge on any atom is 0.257 e. The van der Waals surface area contributed by atoms with Gasteiger partial charge in [-0.05, 0) is 42.9 Å². The third-order valence-corrected chi connectivity index (χ3v) is 2.80. The second-order valence-corrected chi connectivity index (χ2v) is 4.56. The molecule has 0 fully saturated rings. The largest absolute Gasteiger partial charge is 0.548 e. The van der Waals surface area contributed by atoms with E-state index in [2.05, 4.69) is 10.6 Å². The van der Waals surface area contributed by atoms with Gasteiger partial charge in [-0.2, -0.15) is 0 Å². The van der Waals surface area contributed by atoms with Gasteiger partial charge in [-0.15, -0.1) is 0 Å². The number of rotatable bonds is 4. The first-order valence-corrected chi connectivity index (χ1v) is 6.31. The van der Waals surface area contributed by atoms with E-state index in [4.69, 9.17) is 23.8 Å². The van der Waals surface area contributed by atoms with E-state index in [0.717, 1.165) is 0 Å². The van der Waals surface area contributed by atoms with E-state index in [1.807, 2.05) is 0 Å². The highest BCUT2D eigenvalue weighted by Gasteiger charge is 2.12. The summed E-state index contributed by atoms with van der Waals surface area (Å²) in [4.78, 5) is 22.5. The highest BCUT2D eigenvalue weighted by Crippen LogP contribution is 2.09. The molecule has 0 radical (unpaired) electrons. The molecule has 0 heterocycles. The molecule has 0 aliphatic carbocycles. The average Bonchev–Trinajstić information content (AvgIpc) is 2.36. The topological polar surface area (TPSA) is 81.3 Å². The molecule has 102 valence electrons. The van der Waals surface area contributed by atoms with Crippen LogP contribution in [0.4, 0.5) is 0 Å². The third kappa shape index (κ3) is 4.84. The number of hydrogen-bond acceptors (Lipinski definition) is 4. The van der Waals surface area contributed by atoms with Gasteiger partial charge in [0.25, 0.3) is 5.91 Å². The Hall–Kier alpha value is -1.66. The highest BCUT2D eigenvalue weighted by molar-refractivity contribution is 7.80. The summed E-state index contributed by atoms with van der Waals surface area (Å²) in [5.41, 5.74) is 0.370. The Kier molecular flexibility index (Phi) is 5.72. The van der Waals surface area contributed by atoms with Crippen molar-refractivity contribution >= 4 is 40.8 Å². The predicted molar refractivity (Wildman–Crippen MR) is 73.7 cm³/mol. The van der Waals surface area contributed by atoms with Crippen LogP contribution >= 0.6 is 23.8 Å². The Morgan fingerprint density at radius 2 is 1.95 bits per heavy atom. The molecular formula is C12H12ClN2O3S-. The predicted octanol–water partition coefficient (Wildman–Crippen LogP) is 0.473. The monoisotopic (exact) mass is 299 g/mol. The second kappa shape index (κ2) is 7.06. The fourth-order valence-electron chi connectivity index (χ4n) is 1.30. The van der Waals surface area contributed by atoms with Gasteiger partial charge in [-0.3, -0.25) is 10.1 Å². The molecule has 1 atom stereocenters. The summed E-state index contributed by atoms with van der Waals surface area (Å²) in [5.74, 6) is -1.71. The number of carbonyl (C=O) groups is 2. The molecular weight excluding hydrogens is 288 g/mol. The van der Waals surface area contributed by atoms with E-state index in [0.29, 0.717) is 17.0 Å². The lowest BCUT2D eigenvalue weighted by Gasteiger charge is -2.19. The minimum atomic E-state index is -1.27. The highest BCUT2D eigenvalue weighted by atomic mass is 35.5. The lowest BCUT2D eigenvalue weighted by Crippen LogP contribution is -2.51. The maximum atomic E-state index is 11.8. The molecule has 0 saturated heterocycles. The number of amides is 1. The number of thiocarbonyl (C=S) groups is 1. The number of carboxylic acids is 1. The van der Waals surface area contributed by atoms with Crippen molar-refractivity contribution in [1.82, 2.24) is 10.6 Å². The molecule has 1 rings (SSSR count). The van der Waals surface area contributed by atoms with Crippen molar-refractivity contribution in [3.05, 3.63) is 34.9 Å². The van der Waals surface area contributed by atoms with E-state index in [1.165, 1.54) is 12.1 Å². The summed E-state index contributed by atoms with van der Waals surface area (Å²) in [6.07, 6.45) is 0.291. The Morgan fingerprint density at radius 3 is 2.42 bits per heavy atom. The third-order valence-electron chi connectivity index (χ3n) is 2.33. The van der Waals surface area contributed by atoms with E-state index in [9.17, 15) is 14.7 Å². The van der Waals surface area contributed by atoms with Gasteiger partial charge < -0.3 is 15.2 Å². The lowest BCUT2D eigenvalue weighted by molar-refractivity contribution is -0.308. The second-order valence-electron chi connectivity index (χ2n) is 3.71. The van der Waals surface area contributed by atoms with Crippen LogP contribution in [0, 0.1) is 0 Å². The summed E-state index contributed by atoms with van der Waals surface area (Å²) in [6.45, 7) is 1.66. The van der Waals surface area contributed by atoms with E-state index >= 15 is 0 Å². The number of benzene rings is 1. The molecule has 0 aromatic heterocycles. The number of hydrogen-bond donors (Lipinski definition) is 2. The van der Waals surface area contributed by atoms with Gasteiger partial charge in [-0.1, -0.05) is 18.5 Å². The zero-order chi connectivity index (χ0) is 14.4. The van der Waals surface area contributed by atoms with Gasteiger partial charge in [0.1, 0.15) is 0 Å². The molecule has 1 aromatic rings. The molecule has 0 spiro atoms. The van der Waals surface area contributed by atoms with Crippen molar-refractivity contribution in [3.63, 3.8) is 0 Å². The molecule has 0 unspecified atom stereocenters. The van der Waals surface area contributed by atoms with Gasteiger partial charge in [0.15, 0.2) is 5.11 Å². The van der Waals surface area contributed by atoms with Crippen molar-refractivity contribution in [2.45, 2.75) is 19.4 Å². The molecule has 5 nitrogen and oxygen atoms in total. The summed E-state index contributed by atoms with van der Waals surface area (Å²) in [7, 11) is 0. The first-order chi connectivity index (χ1) is 8.93. The van der Waals surface area contributed by atoms with E-state index in [-0.39, 0.29) is 5.11 Å². The zero-order valence-electron chi connectivity index (χ0n) is 10.1. The van der Waals surface area contributed by atoms with Crippen molar-refractivity contribution in [2.75, 3.05) is 0 Å². The normalized spacial score (nSPS) is 11.5. The molecule has 2 N–H and O–H groups in total. The Balaban J connectivity index is 2.59. The van der Waals surface area contributed by atoms with E-state index < -0.39 is 17.9 Å². The van der Waals surface area contributed by atoms with Crippen LogP contribution in [-0.2, 0) is 4.79 Å². The number of aliphatic carboxylic acids is 1. The Labute approximate surface area is 121 Å². The summed E-state index contributed by atoms with van der Waals surface area (Å²) in [6, 6.07) is 5.29. The van der Waals surface area contributed by atoms with Crippen LogP contribution in [0.2, 0.25) is 5.02 Å². The van der Waals surface area contributed by atoms with Crippen LogP contribution in [-0.4, -0.2) is 23.0 Å². The van der Waals surface area contributed by atoms with Crippen LogP contribution in [0.1, 0.15) is 23.7 Å². The summed E-state index contributed by atoms with van der Waals surface area (Å²) < 4.78 is 0. The summed E-state index contributed by atoms with van der Waals surface area (Å²) >= 11 is 10.6. The maximum absolute atomic E-state index is 11.8. The molecule has 0 aliphatic rings. The molecule has 7 heteroatoms. The van der Waals surface area contributed by atoms with Gasteiger partial charge in [-0.25, -0.2) is 0 Å². The average molecular weight is 300 g/mol. The molecule has 0 saturated carbocycles. The first kappa shape index (κ1) is 15.4. The van der Waals surface area contributed by atoms with Gasteiger partial charge >= 0.3 is 0 Å². The number of carbonyl (C=O) groups excluding carboxylic acids is 2. The zero-order valence-corrected chi connectivity index (χ0v) is 11.7. The van der Waals surface area contributed by atoms with Crippen molar-refractivity contribution in [2.24, 2.45) is 0 Å². The molecule has 0 aliphatic heterocycles. The van der Waals surface area contributed by atoms with Gasteiger partial charge in [0.2, 0.25) is 0 Å². The van der Waals surface area contributed by atoms with E-state index in [1.54, 1.807) is 19.1 Å². The Morgan fingerprint density at radius 1 is 1.37 bits per heavy atom. The van der Waals surface area contributed by atoms with Crippen LogP contribution in [0.3, 0.4) is 0 Å². The number of nitrogens with one attached hydrogen (secondary N) is 2. The molecule has 1 aromatic carbocycles. The van der Waals surface area contributed by atoms with Crippen LogP contribution in [0.5, 0.6) is 0 Å². The molecule has 0 bridgehead atoms. The van der Waals surface area contributed by atoms with Crippen molar-refractivity contribution < 1.29 is 14.7 Å². The molecule has 19 heavy (non-hydrogen) atoms. The Bertz CT molecular complexity index is 490. The first-order valence-electron chi connectivity index (χ1n) is 5.52. The minimum Gasteiger partial charge on any atom is -0.548 e. The van der Waals surface area contributed by atoms with Crippen LogP contribution < -0.4 is 15.7 Å². The van der Waals surface area contributed by atoms with Crippen molar-refractivity contribution in [1.29, 1.82) is 0 Å². The number of carboxylic acid groups (broad SMARTS) is 1. The minimum absolute atomic E-state index is 0.0593. The lowest BCUT2D eigenvalue weighted by atomic mass is 10.2. The molecule has 1 amide bonds. The summed E-state index contributed by atoms with van der Waals surface area (Å²) in [5, 5.41) is 16.0. The number of halogens is 1. The standard InChI is InChI=1S/C12H13ClN2O3S/c1-2-9(11(17)18)14-12(19)15-10(16)7-3-5-8(13)6-4-7/h3-6,9H,2H2,1H3,(H,17,18)(H2,14,15,16,19)/p-1/t9-/m1/s1. The smallest absolute Gasteiger partial charge is 0.257 e. The quantitative estimate of drug-likeness (QED) is 0.790. The fraction of sp³-hybridized carbons (Fsp3) is 0.250. The van der Waals surface area contributed by atoms with Crippen molar-refractivity contribution in [3.8, 4) is 0 Å². The van der Waals surface area contributed by atoms with Crippen LogP contribution in [0.15, 0.2) is 24.3 Å². The van der Waals surface area contributed by atoms with Gasteiger partial charge in [0.05, 0.1) is 12.0 Å². The SMILES string of the molecule is CC[C@@H](NC(=S)NC(=O)c1ccc(Cl)cc1)C(=O)[O-]. The van der Waals surface area contributed by atoms with Gasteiger partial charge in [0, 0.05) is 10.6 Å².